The molecule has 1 heterocycles. The maximum Gasteiger partial charge on any atom is 0.159 e. The SMILES string of the molecule is CC(C)N(Cc1ccc(F)c(F)c1)CC1CCCCN1. The summed E-state index contributed by atoms with van der Waals surface area (Å²) in [5.74, 6) is -1.54. The first-order valence-corrected chi connectivity index (χ1v) is 7.47. The van der Waals surface area contributed by atoms with Crippen molar-refractivity contribution in [2.24, 2.45) is 0 Å². The van der Waals surface area contributed by atoms with Gasteiger partial charge in [0.15, 0.2) is 11.6 Å². The third-order valence-electron chi connectivity index (χ3n) is 3.97. The molecule has 1 atom stereocenters. The molecule has 1 saturated heterocycles. The van der Waals surface area contributed by atoms with E-state index in [1.54, 1.807) is 6.07 Å². The lowest BCUT2D eigenvalue weighted by Crippen LogP contribution is -2.45. The summed E-state index contributed by atoms with van der Waals surface area (Å²) in [4.78, 5) is 2.32. The van der Waals surface area contributed by atoms with Crippen molar-refractivity contribution in [2.75, 3.05) is 13.1 Å². The Morgan fingerprint density at radius 1 is 1.25 bits per heavy atom. The zero-order valence-electron chi connectivity index (χ0n) is 12.3. The van der Waals surface area contributed by atoms with Crippen LogP contribution in [0.1, 0.15) is 38.7 Å². The molecular weight excluding hydrogens is 258 g/mol. The Labute approximate surface area is 120 Å². The molecule has 0 saturated carbocycles. The molecule has 1 aromatic carbocycles. The summed E-state index contributed by atoms with van der Waals surface area (Å²) >= 11 is 0. The predicted octanol–water partition coefficient (Wildman–Crippen LogP) is 3.32. The van der Waals surface area contributed by atoms with Crippen molar-refractivity contribution in [1.82, 2.24) is 10.2 Å². The maximum atomic E-state index is 13.3. The van der Waals surface area contributed by atoms with E-state index in [2.05, 4.69) is 24.1 Å². The van der Waals surface area contributed by atoms with Gasteiger partial charge in [0.25, 0.3) is 0 Å². The summed E-state index contributed by atoms with van der Waals surface area (Å²) in [5.41, 5.74) is 0.827. The summed E-state index contributed by atoms with van der Waals surface area (Å²) in [6, 6.07) is 5.08. The Hall–Kier alpha value is -1.00. The lowest BCUT2D eigenvalue weighted by atomic mass is 10.0. The van der Waals surface area contributed by atoms with Crippen LogP contribution < -0.4 is 5.32 Å². The van der Waals surface area contributed by atoms with E-state index in [1.807, 2.05) is 0 Å². The fraction of sp³-hybridized carbons (Fsp3) is 0.625. The van der Waals surface area contributed by atoms with Gasteiger partial charge in [-0.05, 0) is 50.9 Å². The average Bonchev–Trinajstić information content (AvgIpc) is 2.43. The zero-order valence-corrected chi connectivity index (χ0v) is 12.3. The standard InChI is InChI=1S/C16H24F2N2/c1-12(2)20(11-14-5-3-4-8-19-14)10-13-6-7-15(17)16(18)9-13/h6-7,9,12,14,19H,3-5,8,10-11H2,1-2H3. The van der Waals surface area contributed by atoms with Crippen molar-refractivity contribution < 1.29 is 8.78 Å². The Kier molecular flexibility index (Phi) is 5.49. The lowest BCUT2D eigenvalue weighted by molar-refractivity contribution is 0.177. The molecule has 1 fully saturated rings. The largest absolute Gasteiger partial charge is 0.313 e. The first-order valence-electron chi connectivity index (χ1n) is 7.47. The fourth-order valence-corrected chi connectivity index (χ4v) is 2.69. The highest BCUT2D eigenvalue weighted by Crippen LogP contribution is 2.15. The molecule has 0 aliphatic carbocycles. The smallest absolute Gasteiger partial charge is 0.159 e. The number of piperidine rings is 1. The second-order valence-electron chi connectivity index (χ2n) is 5.92. The van der Waals surface area contributed by atoms with Crippen LogP contribution in [0, 0.1) is 11.6 Å². The summed E-state index contributed by atoms with van der Waals surface area (Å²) in [6.07, 6.45) is 3.72. The van der Waals surface area contributed by atoms with E-state index >= 15 is 0 Å². The molecule has 2 nitrogen and oxygen atoms in total. The van der Waals surface area contributed by atoms with Crippen LogP contribution in [0.15, 0.2) is 18.2 Å². The Bertz CT molecular complexity index is 428. The van der Waals surface area contributed by atoms with E-state index in [1.165, 1.54) is 31.4 Å². The normalized spacial score (nSPS) is 19.8. The molecule has 0 radical (unpaired) electrons. The van der Waals surface area contributed by atoms with Crippen LogP contribution >= 0.6 is 0 Å². The van der Waals surface area contributed by atoms with Crippen LogP contribution in [0.4, 0.5) is 8.78 Å². The van der Waals surface area contributed by atoms with Gasteiger partial charge in [0.2, 0.25) is 0 Å². The molecule has 1 aromatic rings. The van der Waals surface area contributed by atoms with Crippen molar-refractivity contribution in [3.8, 4) is 0 Å². The number of benzene rings is 1. The van der Waals surface area contributed by atoms with Gasteiger partial charge in [-0.25, -0.2) is 8.78 Å². The highest BCUT2D eigenvalue weighted by atomic mass is 19.2. The second-order valence-corrected chi connectivity index (χ2v) is 5.92. The van der Waals surface area contributed by atoms with E-state index in [0.717, 1.165) is 18.7 Å². The quantitative estimate of drug-likeness (QED) is 0.891. The monoisotopic (exact) mass is 282 g/mol. The van der Waals surface area contributed by atoms with Gasteiger partial charge in [-0.1, -0.05) is 12.5 Å². The van der Waals surface area contributed by atoms with Crippen molar-refractivity contribution in [3.05, 3.63) is 35.4 Å². The molecule has 0 spiro atoms. The topological polar surface area (TPSA) is 15.3 Å². The van der Waals surface area contributed by atoms with Crippen LogP contribution in [0.2, 0.25) is 0 Å². The molecule has 0 aromatic heterocycles. The number of nitrogens with one attached hydrogen (secondary N) is 1. The van der Waals surface area contributed by atoms with Gasteiger partial charge in [-0.3, -0.25) is 4.90 Å². The number of hydrogen-bond acceptors (Lipinski definition) is 2. The predicted molar refractivity (Wildman–Crippen MR) is 77.5 cm³/mol. The zero-order chi connectivity index (χ0) is 14.5. The van der Waals surface area contributed by atoms with Gasteiger partial charge in [-0.15, -0.1) is 0 Å². The van der Waals surface area contributed by atoms with Crippen molar-refractivity contribution >= 4 is 0 Å². The summed E-state index contributed by atoms with van der Waals surface area (Å²) in [6.45, 7) is 6.98. The number of hydrogen-bond donors (Lipinski definition) is 1. The van der Waals surface area contributed by atoms with Gasteiger partial charge < -0.3 is 5.32 Å². The van der Waals surface area contributed by atoms with Crippen LogP contribution in [0.3, 0.4) is 0 Å². The van der Waals surface area contributed by atoms with E-state index in [9.17, 15) is 8.78 Å². The Balaban J connectivity index is 1.99. The van der Waals surface area contributed by atoms with Gasteiger partial charge in [0.05, 0.1) is 0 Å². The van der Waals surface area contributed by atoms with E-state index in [-0.39, 0.29) is 0 Å². The van der Waals surface area contributed by atoms with Crippen LogP contribution in [-0.2, 0) is 6.54 Å². The van der Waals surface area contributed by atoms with Gasteiger partial charge in [0.1, 0.15) is 0 Å². The van der Waals surface area contributed by atoms with Gasteiger partial charge in [-0.2, -0.15) is 0 Å². The van der Waals surface area contributed by atoms with Crippen molar-refractivity contribution in [1.29, 1.82) is 0 Å². The van der Waals surface area contributed by atoms with E-state index in [0.29, 0.717) is 18.6 Å². The van der Waals surface area contributed by atoms with Crippen LogP contribution in [0.25, 0.3) is 0 Å². The molecule has 112 valence electrons. The molecule has 1 N–H and O–H groups in total. The highest BCUT2D eigenvalue weighted by Gasteiger charge is 2.19. The lowest BCUT2D eigenvalue weighted by Gasteiger charge is -2.33. The fourth-order valence-electron chi connectivity index (χ4n) is 2.69. The van der Waals surface area contributed by atoms with Gasteiger partial charge >= 0.3 is 0 Å². The molecular formula is C16H24F2N2. The molecule has 20 heavy (non-hydrogen) atoms. The number of nitrogens with zero attached hydrogens (tertiary/aromatic N) is 1. The van der Waals surface area contributed by atoms with E-state index < -0.39 is 11.6 Å². The molecule has 0 amide bonds. The molecule has 1 unspecified atom stereocenters. The minimum atomic E-state index is -0.779. The highest BCUT2D eigenvalue weighted by molar-refractivity contribution is 5.17. The third kappa shape index (κ3) is 4.25. The van der Waals surface area contributed by atoms with Crippen LogP contribution in [0.5, 0.6) is 0 Å². The molecule has 2 rings (SSSR count). The maximum absolute atomic E-state index is 13.3. The summed E-state index contributed by atoms with van der Waals surface area (Å²) < 4.78 is 26.3. The van der Waals surface area contributed by atoms with Gasteiger partial charge in [0, 0.05) is 25.2 Å². The van der Waals surface area contributed by atoms with E-state index in [4.69, 9.17) is 0 Å². The molecule has 1 aliphatic rings. The minimum Gasteiger partial charge on any atom is -0.313 e. The van der Waals surface area contributed by atoms with Crippen molar-refractivity contribution in [3.63, 3.8) is 0 Å². The molecule has 1 aliphatic heterocycles. The minimum absolute atomic E-state index is 0.381. The second kappa shape index (κ2) is 7.14. The third-order valence-corrected chi connectivity index (χ3v) is 3.97. The average molecular weight is 282 g/mol. The van der Waals surface area contributed by atoms with Crippen LogP contribution in [-0.4, -0.2) is 30.1 Å². The molecule has 0 bridgehead atoms. The first-order chi connectivity index (χ1) is 9.56. The summed E-state index contributed by atoms with van der Waals surface area (Å²) in [7, 11) is 0. The first kappa shape index (κ1) is 15.4. The Morgan fingerprint density at radius 2 is 2.05 bits per heavy atom. The van der Waals surface area contributed by atoms with Crippen molar-refractivity contribution in [2.45, 2.75) is 51.7 Å². The number of halogens is 2. The molecule has 4 heteroatoms. The number of rotatable bonds is 5. The Morgan fingerprint density at radius 3 is 2.65 bits per heavy atom. The summed E-state index contributed by atoms with van der Waals surface area (Å²) in [5, 5.41) is 3.53.